The van der Waals surface area contributed by atoms with Crippen LogP contribution in [0.4, 0.5) is 4.79 Å². The number of aliphatic carboxylic acids is 1. The molecular formula is C15H26N2O4. The molecule has 0 aliphatic carbocycles. The number of amides is 1. The topological polar surface area (TPSA) is 70.1 Å². The van der Waals surface area contributed by atoms with Crippen molar-refractivity contribution in [3.8, 4) is 0 Å². The van der Waals surface area contributed by atoms with E-state index in [4.69, 9.17) is 9.84 Å². The zero-order valence-electron chi connectivity index (χ0n) is 13.4. The Morgan fingerprint density at radius 3 is 2.43 bits per heavy atom. The highest BCUT2D eigenvalue weighted by Crippen LogP contribution is 2.12. The minimum absolute atomic E-state index is 0.276. The Bertz CT molecular complexity index is 412. The van der Waals surface area contributed by atoms with Crippen LogP contribution in [0.3, 0.4) is 0 Å². The summed E-state index contributed by atoms with van der Waals surface area (Å²) in [4.78, 5) is 26.7. The van der Waals surface area contributed by atoms with Crippen LogP contribution in [0.1, 0.15) is 34.1 Å². The summed E-state index contributed by atoms with van der Waals surface area (Å²) in [7, 11) is 0. The minimum atomic E-state index is -0.889. The molecule has 6 nitrogen and oxygen atoms in total. The normalized spacial score (nSPS) is 18.3. The molecule has 0 aromatic rings. The molecule has 21 heavy (non-hydrogen) atoms. The van der Waals surface area contributed by atoms with Crippen molar-refractivity contribution in [2.75, 3.05) is 32.7 Å². The van der Waals surface area contributed by atoms with Crippen molar-refractivity contribution in [1.82, 2.24) is 9.80 Å². The highest BCUT2D eigenvalue weighted by molar-refractivity contribution is 5.85. The summed E-state index contributed by atoms with van der Waals surface area (Å²) in [5.74, 6) is -0.889. The standard InChI is InChI=1S/C15H26N2O4/c1-12(13(18)19)6-9-16-7-5-8-17(11-10-16)14(20)21-15(2,3)4/h6H,5,7-11H2,1-4H3,(H,18,19). The molecule has 1 N–H and O–H groups in total. The van der Waals surface area contributed by atoms with Crippen molar-refractivity contribution in [3.63, 3.8) is 0 Å². The van der Waals surface area contributed by atoms with Gasteiger partial charge in [0.15, 0.2) is 0 Å². The Kier molecular flexibility index (Phi) is 6.20. The zero-order valence-corrected chi connectivity index (χ0v) is 13.4. The van der Waals surface area contributed by atoms with Crippen LogP contribution in [0.25, 0.3) is 0 Å². The summed E-state index contributed by atoms with van der Waals surface area (Å²) >= 11 is 0. The summed E-state index contributed by atoms with van der Waals surface area (Å²) in [6.07, 6.45) is 2.30. The molecule has 1 fully saturated rings. The van der Waals surface area contributed by atoms with Gasteiger partial charge in [0.2, 0.25) is 0 Å². The highest BCUT2D eigenvalue weighted by atomic mass is 16.6. The molecule has 0 unspecified atom stereocenters. The van der Waals surface area contributed by atoms with E-state index in [1.807, 2.05) is 20.8 Å². The van der Waals surface area contributed by atoms with Gasteiger partial charge in [-0.3, -0.25) is 4.90 Å². The number of hydrogen-bond acceptors (Lipinski definition) is 4. The molecule has 1 heterocycles. The van der Waals surface area contributed by atoms with E-state index in [1.165, 1.54) is 0 Å². The molecule has 120 valence electrons. The Morgan fingerprint density at radius 1 is 1.19 bits per heavy atom. The fourth-order valence-corrected chi connectivity index (χ4v) is 2.02. The maximum absolute atomic E-state index is 12.0. The van der Waals surface area contributed by atoms with Crippen LogP contribution in [-0.2, 0) is 9.53 Å². The molecule has 0 atom stereocenters. The van der Waals surface area contributed by atoms with E-state index in [-0.39, 0.29) is 6.09 Å². The van der Waals surface area contributed by atoms with Crippen molar-refractivity contribution in [2.24, 2.45) is 0 Å². The van der Waals surface area contributed by atoms with Gasteiger partial charge in [-0.1, -0.05) is 6.08 Å². The average molecular weight is 298 g/mol. The van der Waals surface area contributed by atoms with E-state index >= 15 is 0 Å². The van der Waals surface area contributed by atoms with E-state index in [2.05, 4.69) is 4.90 Å². The maximum Gasteiger partial charge on any atom is 0.410 e. The monoisotopic (exact) mass is 298 g/mol. The highest BCUT2D eigenvalue weighted by Gasteiger charge is 2.24. The van der Waals surface area contributed by atoms with Crippen LogP contribution in [0.2, 0.25) is 0 Å². The van der Waals surface area contributed by atoms with Gasteiger partial charge in [0.25, 0.3) is 0 Å². The summed E-state index contributed by atoms with van der Waals surface area (Å²) in [5, 5.41) is 8.83. The predicted octanol–water partition coefficient (Wildman–Crippen LogP) is 1.96. The lowest BCUT2D eigenvalue weighted by atomic mass is 10.2. The van der Waals surface area contributed by atoms with Crippen LogP contribution in [0, 0.1) is 0 Å². The van der Waals surface area contributed by atoms with Crippen molar-refractivity contribution < 1.29 is 19.4 Å². The van der Waals surface area contributed by atoms with Crippen LogP contribution in [0.15, 0.2) is 11.6 Å². The second-order valence-corrected chi connectivity index (χ2v) is 6.31. The van der Waals surface area contributed by atoms with Gasteiger partial charge in [-0.15, -0.1) is 0 Å². The Morgan fingerprint density at radius 2 is 1.86 bits per heavy atom. The third kappa shape index (κ3) is 6.62. The molecule has 1 saturated heterocycles. The van der Waals surface area contributed by atoms with E-state index in [0.29, 0.717) is 25.2 Å². The summed E-state index contributed by atoms with van der Waals surface area (Å²) in [6, 6.07) is 0. The maximum atomic E-state index is 12.0. The van der Waals surface area contributed by atoms with Gasteiger partial charge in [0.1, 0.15) is 5.60 Å². The number of carboxylic acid groups (broad SMARTS) is 1. The first-order valence-electron chi connectivity index (χ1n) is 7.29. The molecular weight excluding hydrogens is 272 g/mol. The van der Waals surface area contributed by atoms with E-state index in [0.717, 1.165) is 19.5 Å². The Labute approximate surface area is 126 Å². The van der Waals surface area contributed by atoms with Crippen molar-refractivity contribution >= 4 is 12.1 Å². The van der Waals surface area contributed by atoms with Gasteiger partial charge in [-0.25, -0.2) is 9.59 Å². The van der Waals surface area contributed by atoms with Crippen LogP contribution >= 0.6 is 0 Å². The number of carbonyl (C=O) groups is 2. The molecule has 0 bridgehead atoms. The molecule has 1 aliphatic heterocycles. The lowest BCUT2D eigenvalue weighted by Crippen LogP contribution is -2.39. The molecule has 0 aromatic carbocycles. The first-order chi connectivity index (χ1) is 9.69. The molecule has 1 amide bonds. The van der Waals surface area contributed by atoms with Gasteiger partial charge < -0.3 is 14.7 Å². The summed E-state index contributed by atoms with van der Waals surface area (Å²) < 4.78 is 5.38. The fourth-order valence-electron chi connectivity index (χ4n) is 2.02. The molecule has 0 aromatic heterocycles. The average Bonchev–Trinajstić information content (AvgIpc) is 2.59. The first-order valence-corrected chi connectivity index (χ1v) is 7.29. The van der Waals surface area contributed by atoms with E-state index < -0.39 is 11.6 Å². The summed E-state index contributed by atoms with van der Waals surface area (Å²) in [5.41, 5.74) is -0.132. The van der Waals surface area contributed by atoms with Crippen molar-refractivity contribution in [2.45, 2.75) is 39.7 Å². The quantitative estimate of drug-likeness (QED) is 0.807. The molecule has 0 saturated carbocycles. The smallest absolute Gasteiger partial charge is 0.410 e. The lowest BCUT2D eigenvalue weighted by Gasteiger charge is -2.26. The Hall–Kier alpha value is -1.56. The molecule has 0 radical (unpaired) electrons. The number of hydrogen-bond donors (Lipinski definition) is 1. The minimum Gasteiger partial charge on any atom is -0.478 e. The van der Waals surface area contributed by atoms with Crippen LogP contribution < -0.4 is 0 Å². The Balaban J connectivity index is 2.49. The second kappa shape index (κ2) is 7.45. The second-order valence-electron chi connectivity index (χ2n) is 6.31. The first kappa shape index (κ1) is 17.5. The van der Waals surface area contributed by atoms with Gasteiger partial charge in [0, 0.05) is 38.3 Å². The number of carbonyl (C=O) groups excluding carboxylic acids is 1. The number of rotatable bonds is 3. The number of nitrogens with zero attached hydrogens (tertiary/aromatic N) is 2. The molecule has 6 heteroatoms. The van der Waals surface area contributed by atoms with Crippen molar-refractivity contribution in [1.29, 1.82) is 0 Å². The van der Waals surface area contributed by atoms with Crippen molar-refractivity contribution in [3.05, 3.63) is 11.6 Å². The van der Waals surface area contributed by atoms with Gasteiger partial charge in [-0.2, -0.15) is 0 Å². The van der Waals surface area contributed by atoms with Gasteiger partial charge in [0.05, 0.1) is 0 Å². The third-order valence-corrected chi connectivity index (χ3v) is 3.23. The molecule has 1 aliphatic rings. The van der Waals surface area contributed by atoms with Crippen LogP contribution in [-0.4, -0.2) is 65.3 Å². The van der Waals surface area contributed by atoms with E-state index in [9.17, 15) is 9.59 Å². The molecule has 1 rings (SSSR count). The van der Waals surface area contributed by atoms with Gasteiger partial charge >= 0.3 is 12.1 Å². The van der Waals surface area contributed by atoms with E-state index in [1.54, 1.807) is 17.9 Å². The summed E-state index contributed by atoms with van der Waals surface area (Å²) in [6.45, 7) is 10.6. The fraction of sp³-hybridized carbons (Fsp3) is 0.733. The number of carboxylic acids is 1. The SMILES string of the molecule is CC(=CCN1CCCN(C(=O)OC(C)(C)C)CC1)C(=O)O. The third-order valence-electron chi connectivity index (χ3n) is 3.23. The van der Waals surface area contributed by atoms with Crippen LogP contribution in [0.5, 0.6) is 0 Å². The number of ether oxygens (including phenoxy) is 1. The lowest BCUT2D eigenvalue weighted by molar-refractivity contribution is -0.132. The van der Waals surface area contributed by atoms with Gasteiger partial charge in [-0.05, 0) is 34.1 Å². The largest absolute Gasteiger partial charge is 0.478 e. The molecule has 0 spiro atoms. The predicted molar refractivity (Wildman–Crippen MR) is 80.3 cm³/mol. The zero-order chi connectivity index (χ0) is 16.0.